The Kier molecular flexibility index (Phi) is 5.41. The maximum absolute atomic E-state index is 6.31. The highest BCUT2D eigenvalue weighted by molar-refractivity contribution is 6.34. The van der Waals surface area contributed by atoms with E-state index in [1.54, 1.807) is 12.3 Å². The van der Waals surface area contributed by atoms with Crippen LogP contribution in [0, 0.1) is 6.92 Å². The zero-order valence-corrected chi connectivity index (χ0v) is 13.2. The van der Waals surface area contributed by atoms with Gasteiger partial charge in [0.05, 0.1) is 21.8 Å². The summed E-state index contributed by atoms with van der Waals surface area (Å²) in [6.07, 6.45) is 2.69. The van der Waals surface area contributed by atoms with E-state index in [0.717, 1.165) is 24.2 Å². The Bertz CT molecular complexity index is 584. The number of aromatic nitrogens is 1. The van der Waals surface area contributed by atoms with Gasteiger partial charge in [0.15, 0.2) is 0 Å². The van der Waals surface area contributed by atoms with Crippen molar-refractivity contribution in [3.05, 3.63) is 63.4 Å². The quantitative estimate of drug-likeness (QED) is 0.859. The number of pyridine rings is 1. The second-order valence-corrected chi connectivity index (χ2v) is 5.67. The first kappa shape index (κ1) is 15.3. The Hall–Kier alpha value is -1.09. The van der Waals surface area contributed by atoms with E-state index in [2.05, 4.69) is 48.4 Å². The summed E-state index contributed by atoms with van der Waals surface area (Å²) < 4.78 is 0. The zero-order chi connectivity index (χ0) is 14.5. The van der Waals surface area contributed by atoms with Gasteiger partial charge in [-0.25, -0.2) is 0 Å². The first-order chi connectivity index (χ1) is 9.61. The molecule has 0 radical (unpaired) electrons. The van der Waals surface area contributed by atoms with Crippen LogP contribution in [0.2, 0.25) is 10.0 Å². The van der Waals surface area contributed by atoms with Gasteiger partial charge in [0, 0.05) is 6.20 Å². The number of hydrogen-bond donors (Lipinski definition) is 1. The van der Waals surface area contributed by atoms with Crippen molar-refractivity contribution in [1.29, 1.82) is 0 Å². The fourth-order valence-electron chi connectivity index (χ4n) is 2.15. The van der Waals surface area contributed by atoms with E-state index in [9.17, 15) is 0 Å². The summed E-state index contributed by atoms with van der Waals surface area (Å²) in [6.45, 7) is 5.12. The van der Waals surface area contributed by atoms with E-state index >= 15 is 0 Å². The highest BCUT2D eigenvalue weighted by atomic mass is 35.5. The molecule has 2 rings (SSSR count). The summed E-state index contributed by atoms with van der Waals surface area (Å²) in [6, 6.07) is 10.1. The fourth-order valence-corrected chi connectivity index (χ4v) is 2.64. The Morgan fingerprint density at radius 2 is 2.05 bits per heavy atom. The summed E-state index contributed by atoms with van der Waals surface area (Å²) >= 11 is 12.2. The molecule has 0 fully saturated rings. The Morgan fingerprint density at radius 1 is 1.25 bits per heavy atom. The number of aryl methyl sites for hydroxylation is 1. The minimum atomic E-state index is -0.0142. The van der Waals surface area contributed by atoms with Crippen LogP contribution >= 0.6 is 23.2 Å². The van der Waals surface area contributed by atoms with Crippen LogP contribution < -0.4 is 5.32 Å². The highest BCUT2D eigenvalue weighted by Gasteiger charge is 2.18. The minimum absolute atomic E-state index is 0.0142. The number of nitrogens with one attached hydrogen (secondary N) is 1. The molecule has 0 aliphatic heterocycles. The predicted molar refractivity (Wildman–Crippen MR) is 85.6 cm³/mol. The number of benzene rings is 1. The molecular formula is C16H18Cl2N2. The lowest BCUT2D eigenvalue weighted by Crippen LogP contribution is -2.24. The van der Waals surface area contributed by atoms with Crippen LogP contribution in [0.4, 0.5) is 0 Å². The number of nitrogens with zero attached hydrogens (tertiary/aromatic N) is 1. The zero-order valence-electron chi connectivity index (χ0n) is 11.7. The summed E-state index contributed by atoms with van der Waals surface area (Å²) in [5.41, 5.74) is 3.20. The van der Waals surface area contributed by atoms with E-state index in [1.807, 2.05) is 0 Å². The lowest BCUT2D eigenvalue weighted by molar-refractivity contribution is 0.586. The molecule has 1 unspecified atom stereocenters. The van der Waals surface area contributed by atoms with Gasteiger partial charge >= 0.3 is 0 Å². The van der Waals surface area contributed by atoms with Crippen LogP contribution in [0.25, 0.3) is 0 Å². The van der Waals surface area contributed by atoms with Crippen molar-refractivity contribution in [2.24, 2.45) is 0 Å². The molecule has 4 heteroatoms. The molecule has 1 aromatic heterocycles. The van der Waals surface area contributed by atoms with Crippen LogP contribution in [-0.4, -0.2) is 11.5 Å². The van der Waals surface area contributed by atoms with E-state index in [0.29, 0.717) is 10.0 Å². The van der Waals surface area contributed by atoms with Crippen molar-refractivity contribution in [2.75, 3.05) is 6.54 Å². The average Bonchev–Trinajstić information content (AvgIpc) is 2.41. The normalized spacial score (nSPS) is 12.4. The van der Waals surface area contributed by atoms with Crippen LogP contribution in [-0.2, 0) is 0 Å². The fraction of sp³-hybridized carbons (Fsp3) is 0.312. The van der Waals surface area contributed by atoms with Gasteiger partial charge < -0.3 is 5.32 Å². The van der Waals surface area contributed by atoms with Gasteiger partial charge in [0.1, 0.15) is 0 Å². The molecular weight excluding hydrogens is 291 g/mol. The molecule has 0 amide bonds. The molecule has 0 saturated heterocycles. The van der Waals surface area contributed by atoms with Crippen molar-refractivity contribution in [3.63, 3.8) is 0 Å². The molecule has 106 valence electrons. The third-order valence-electron chi connectivity index (χ3n) is 3.08. The van der Waals surface area contributed by atoms with Crippen LogP contribution in [0.3, 0.4) is 0 Å². The molecule has 0 aliphatic carbocycles. The van der Waals surface area contributed by atoms with E-state index in [1.165, 1.54) is 5.56 Å². The lowest BCUT2D eigenvalue weighted by atomic mass is 10.0. The van der Waals surface area contributed by atoms with Gasteiger partial charge in [0.25, 0.3) is 0 Å². The Balaban J connectivity index is 2.41. The summed E-state index contributed by atoms with van der Waals surface area (Å²) in [5, 5.41) is 4.64. The summed E-state index contributed by atoms with van der Waals surface area (Å²) in [7, 11) is 0. The highest BCUT2D eigenvalue weighted by Crippen LogP contribution is 2.28. The van der Waals surface area contributed by atoms with Gasteiger partial charge in [0.2, 0.25) is 0 Å². The number of halogens is 2. The third kappa shape index (κ3) is 3.72. The van der Waals surface area contributed by atoms with Gasteiger partial charge in [-0.2, -0.15) is 0 Å². The first-order valence-corrected chi connectivity index (χ1v) is 7.48. The second-order valence-electron chi connectivity index (χ2n) is 4.82. The van der Waals surface area contributed by atoms with Crippen molar-refractivity contribution in [1.82, 2.24) is 10.3 Å². The van der Waals surface area contributed by atoms with Gasteiger partial charge in [-0.05, 0) is 31.5 Å². The number of rotatable bonds is 5. The molecule has 20 heavy (non-hydrogen) atoms. The van der Waals surface area contributed by atoms with Gasteiger partial charge in [-0.15, -0.1) is 0 Å². The van der Waals surface area contributed by atoms with E-state index < -0.39 is 0 Å². The molecule has 0 bridgehead atoms. The standard InChI is InChI=1S/C16H18Cl2N2/c1-3-7-19-15(12-6-4-5-11(2)8-12)16-14(18)9-13(17)10-20-16/h4-6,8-10,15,19H,3,7H2,1-2H3. The van der Waals surface area contributed by atoms with E-state index in [-0.39, 0.29) is 6.04 Å². The van der Waals surface area contributed by atoms with E-state index in [4.69, 9.17) is 23.2 Å². The van der Waals surface area contributed by atoms with Crippen molar-refractivity contribution in [2.45, 2.75) is 26.3 Å². The maximum Gasteiger partial charge on any atom is 0.0805 e. The second kappa shape index (κ2) is 7.07. The van der Waals surface area contributed by atoms with Crippen molar-refractivity contribution >= 4 is 23.2 Å². The molecule has 1 atom stereocenters. The predicted octanol–water partition coefficient (Wildman–Crippen LogP) is 4.79. The third-order valence-corrected chi connectivity index (χ3v) is 3.59. The molecule has 0 aliphatic rings. The minimum Gasteiger partial charge on any atom is -0.305 e. The SMILES string of the molecule is CCCNC(c1cccc(C)c1)c1ncc(Cl)cc1Cl. The maximum atomic E-state index is 6.31. The van der Waals surface area contributed by atoms with Crippen LogP contribution in [0.1, 0.15) is 36.2 Å². The molecule has 1 N–H and O–H groups in total. The smallest absolute Gasteiger partial charge is 0.0805 e. The van der Waals surface area contributed by atoms with Crippen LogP contribution in [0.15, 0.2) is 36.5 Å². The molecule has 0 saturated carbocycles. The van der Waals surface area contributed by atoms with Crippen molar-refractivity contribution in [3.8, 4) is 0 Å². The molecule has 1 aromatic carbocycles. The molecule has 0 spiro atoms. The van der Waals surface area contributed by atoms with Crippen LogP contribution in [0.5, 0.6) is 0 Å². The summed E-state index contributed by atoms with van der Waals surface area (Å²) in [5.74, 6) is 0. The monoisotopic (exact) mass is 308 g/mol. The topological polar surface area (TPSA) is 24.9 Å². The Morgan fingerprint density at radius 3 is 2.70 bits per heavy atom. The Labute approximate surface area is 130 Å². The molecule has 2 nitrogen and oxygen atoms in total. The summed E-state index contributed by atoms with van der Waals surface area (Å²) in [4.78, 5) is 4.41. The average molecular weight is 309 g/mol. The largest absolute Gasteiger partial charge is 0.305 e. The van der Waals surface area contributed by atoms with Crippen molar-refractivity contribution < 1.29 is 0 Å². The first-order valence-electron chi connectivity index (χ1n) is 6.72. The molecule has 1 heterocycles. The lowest BCUT2D eigenvalue weighted by Gasteiger charge is -2.20. The molecule has 2 aromatic rings. The number of hydrogen-bond acceptors (Lipinski definition) is 2. The van der Waals surface area contributed by atoms with Gasteiger partial charge in [-0.1, -0.05) is 60.0 Å². The van der Waals surface area contributed by atoms with Gasteiger partial charge in [-0.3, -0.25) is 4.98 Å².